The van der Waals surface area contributed by atoms with Gasteiger partial charge in [0, 0.05) is 18.1 Å². The predicted molar refractivity (Wildman–Crippen MR) is 54.6 cm³/mol. The van der Waals surface area contributed by atoms with Crippen molar-refractivity contribution in [2.24, 2.45) is 0 Å². The molecule has 0 spiro atoms. The van der Waals surface area contributed by atoms with Crippen molar-refractivity contribution in [3.8, 4) is 0 Å². The fourth-order valence-electron chi connectivity index (χ4n) is 0.795. The van der Waals surface area contributed by atoms with Gasteiger partial charge < -0.3 is 4.90 Å². The van der Waals surface area contributed by atoms with E-state index in [9.17, 15) is 0 Å². The molecule has 64 valence electrons. The number of aromatic nitrogens is 1. The monoisotopic (exact) mass is 180 g/mol. The summed E-state index contributed by atoms with van der Waals surface area (Å²) in [6.07, 6.45) is 5.63. The molecule has 1 heterocycles. The van der Waals surface area contributed by atoms with Gasteiger partial charge in [0.1, 0.15) is 5.82 Å². The lowest BCUT2D eigenvalue weighted by Gasteiger charge is -2.11. The second-order valence-corrected chi connectivity index (χ2v) is 3.23. The van der Waals surface area contributed by atoms with Crippen LogP contribution in [-0.2, 0) is 0 Å². The van der Waals surface area contributed by atoms with Crippen LogP contribution >= 0.6 is 11.8 Å². The zero-order valence-electron chi connectivity index (χ0n) is 7.32. The van der Waals surface area contributed by atoms with E-state index >= 15 is 0 Å². The second kappa shape index (κ2) is 4.16. The fraction of sp³-hybridized carbons (Fsp3) is 0.222. The van der Waals surface area contributed by atoms with E-state index in [2.05, 4.69) is 11.6 Å². The molecule has 2 nitrogen and oxygen atoms in total. The third-order valence-corrected chi connectivity index (χ3v) is 2.30. The van der Waals surface area contributed by atoms with Crippen molar-refractivity contribution in [2.45, 2.75) is 4.90 Å². The summed E-state index contributed by atoms with van der Waals surface area (Å²) in [4.78, 5) is 7.31. The number of nitrogens with zero attached hydrogens (tertiary/aromatic N) is 2. The summed E-state index contributed by atoms with van der Waals surface area (Å²) < 4.78 is 0. The van der Waals surface area contributed by atoms with Crippen LogP contribution in [0.25, 0.3) is 0 Å². The van der Waals surface area contributed by atoms with E-state index in [-0.39, 0.29) is 0 Å². The highest BCUT2D eigenvalue weighted by molar-refractivity contribution is 7.98. The maximum Gasteiger partial charge on any atom is 0.132 e. The minimum Gasteiger partial charge on any atom is -0.337 e. The first-order valence-electron chi connectivity index (χ1n) is 3.63. The summed E-state index contributed by atoms with van der Waals surface area (Å²) >= 11 is 1.69. The lowest BCUT2D eigenvalue weighted by atomic mass is 10.4. The smallest absolute Gasteiger partial charge is 0.132 e. The zero-order valence-corrected chi connectivity index (χ0v) is 8.14. The maximum atomic E-state index is 4.25. The van der Waals surface area contributed by atoms with E-state index in [0.29, 0.717) is 0 Å². The van der Waals surface area contributed by atoms with E-state index < -0.39 is 0 Å². The topological polar surface area (TPSA) is 16.1 Å². The first kappa shape index (κ1) is 9.13. The summed E-state index contributed by atoms with van der Waals surface area (Å²) in [5.74, 6) is 0.919. The van der Waals surface area contributed by atoms with Crippen molar-refractivity contribution < 1.29 is 0 Å². The lowest BCUT2D eigenvalue weighted by molar-refractivity contribution is 1.10. The molecular weight excluding hydrogens is 168 g/mol. The number of thioether (sulfide) groups is 1. The third-order valence-electron chi connectivity index (χ3n) is 1.59. The highest BCUT2D eigenvalue weighted by atomic mass is 32.2. The Hall–Kier alpha value is -0.960. The van der Waals surface area contributed by atoms with E-state index in [1.54, 1.807) is 18.0 Å². The van der Waals surface area contributed by atoms with Crippen LogP contribution in [0.5, 0.6) is 0 Å². The van der Waals surface area contributed by atoms with Crippen LogP contribution in [0.3, 0.4) is 0 Å². The highest BCUT2D eigenvalue weighted by Gasteiger charge is 1.96. The van der Waals surface area contributed by atoms with Crippen molar-refractivity contribution in [1.82, 2.24) is 4.98 Å². The zero-order chi connectivity index (χ0) is 8.97. The normalized spacial score (nSPS) is 9.50. The maximum absolute atomic E-state index is 4.25. The Morgan fingerprint density at radius 1 is 1.58 bits per heavy atom. The van der Waals surface area contributed by atoms with Crippen LogP contribution in [0.2, 0.25) is 0 Å². The predicted octanol–water partition coefficient (Wildman–Crippen LogP) is 2.38. The van der Waals surface area contributed by atoms with Gasteiger partial charge in [-0.25, -0.2) is 4.98 Å². The van der Waals surface area contributed by atoms with Gasteiger partial charge in [0.2, 0.25) is 0 Å². The molecule has 0 fully saturated rings. The van der Waals surface area contributed by atoms with Crippen LogP contribution in [0.4, 0.5) is 5.82 Å². The van der Waals surface area contributed by atoms with Gasteiger partial charge >= 0.3 is 0 Å². The van der Waals surface area contributed by atoms with Crippen molar-refractivity contribution >= 4 is 17.6 Å². The highest BCUT2D eigenvalue weighted by Crippen LogP contribution is 2.16. The van der Waals surface area contributed by atoms with Gasteiger partial charge in [0.25, 0.3) is 0 Å². The summed E-state index contributed by atoms with van der Waals surface area (Å²) in [7, 11) is 1.92. The molecule has 0 saturated heterocycles. The van der Waals surface area contributed by atoms with E-state index in [4.69, 9.17) is 0 Å². The van der Waals surface area contributed by atoms with Crippen LogP contribution in [0.15, 0.2) is 36.0 Å². The summed E-state index contributed by atoms with van der Waals surface area (Å²) in [5.41, 5.74) is 0. The Labute approximate surface area is 77.3 Å². The first-order chi connectivity index (χ1) is 5.77. The molecule has 0 saturated carbocycles. The second-order valence-electron chi connectivity index (χ2n) is 2.35. The Balaban J connectivity index is 2.84. The van der Waals surface area contributed by atoms with Crippen molar-refractivity contribution in [1.29, 1.82) is 0 Å². The van der Waals surface area contributed by atoms with Gasteiger partial charge in [-0.15, -0.1) is 11.8 Å². The number of pyridine rings is 1. The Kier molecular flexibility index (Phi) is 3.17. The van der Waals surface area contributed by atoms with E-state index in [1.165, 1.54) is 4.90 Å². The Morgan fingerprint density at radius 3 is 2.75 bits per heavy atom. The van der Waals surface area contributed by atoms with Crippen molar-refractivity contribution in [2.75, 3.05) is 18.2 Å². The molecule has 1 aromatic rings. The molecule has 12 heavy (non-hydrogen) atoms. The van der Waals surface area contributed by atoms with E-state index in [1.807, 2.05) is 36.5 Å². The Morgan fingerprint density at radius 2 is 2.33 bits per heavy atom. The SMILES string of the molecule is C=CN(C)c1ccc(SC)cn1. The minimum atomic E-state index is 0.919. The van der Waals surface area contributed by atoms with Gasteiger partial charge in [0.05, 0.1) is 0 Å². The van der Waals surface area contributed by atoms with Gasteiger partial charge in [0.15, 0.2) is 0 Å². The summed E-state index contributed by atoms with van der Waals surface area (Å²) in [6, 6.07) is 4.03. The number of hydrogen-bond donors (Lipinski definition) is 0. The Bertz CT molecular complexity index is 256. The molecule has 0 N–H and O–H groups in total. The molecule has 3 heteroatoms. The number of anilines is 1. The fourth-order valence-corrected chi connectivity index (χ4v) is 1.16. The van der Waals surface area contributed by atoms with E-state index in [0.717, 1.165) is 5.82 Å². The molecular formula is C9H12N2S. The van der Waals surface area contributed by atoms with Crippen LogP contribution in [-0.4, -0.2) is 18.3 Å². The molecule has 0 radical (unpaired) electrons. The molecule has 0 aliphatic rings. The minimum absolute atomic E-state index is 0.919. The number of hydrogen-bond acceptors (Lipinski definition) is 3. The number of rotatable bonds is 3. The van der Waals surface area contributed by atoms with Crippen molar-refractivity contribution in [3.63, 3.8) is 0 Å². The standard InChI is InChI=1S/C9H12N2S/c1-4-11(2)9-6-5-8(12-3)7-10-9/h4-7H,1H2,2-3H3. The van der Waals surface area contributed by atoms with Crippen LogP contribution in [0, 0.1) is 0 Å². The molecule has 0 aromatic carbocycles. The third kappa shape index (κ3) is 2.01. The van der Waals surface area contributed by atoms with Crippen LogP contribution in [0.1, 0.15) is 0 Å². The molecule has 1 rings (SSSR count). The summed E-state index contributed by atoms with van der Waals surface area (Å²) in [6.45, 7) is 3.66. The lowest BCUT2D eigenvalue weighted by Crippen LogP contribution is -2.08. The largest absolute Gasteiger partial charge is 0.337 e. The average molecular weight is 180 g/mol. The molecule has 1 aromatic heterocycles. The van der Waals surface area contributed by atoms with Gasteiger partial charge in [-0.3, -0.25) is 0 Å². The molecule has 0 bridgehead atoms. The average Bonchev–Trinajstić information content (AvgIpc) is 2.17. The molecule has 0 atom stereocenters. The first-order valence-corrected chi connectivity index (χ1v) is 4.86. The van der Waals surface area contributed by atoms with Crippen molar-refractivity contribution in [3.05, 3.63) is 31.1 Å². The summed E-state index contributed by atoms with van der Waals surface area (Å²) in [5, 5.41) is 0. The van der Waals surface area contributed by atoms with Gasteiger partial charge in [-0.2, -0.15) is 0 Å². The molecule has 0 aliphatic carbocycles. The van der Waals surface area contributed by atoms with Gasteiger partial charge in [-0.05, 0) is 24.6 Å². The molecule has 0 aliphatic heterocycles. The van der Waals surface area contributed by atoms with Gasteiger partial charge in [-0.1, -0.05) is 6.58 Å². The van der Waals surface area contributed by atoms with Crippen LogP contribution < -0.4 is 4.90 Å². The quantitative estimate of drug-likeness (QED) is 0.664. The molecule has 0 amide bonds. The molecule has 0 unspecified atom stereocenters.